The van der Waals surface area contributed by atoms with Crippen molar-refractivity contribution in [2.45, 2.75) is 0 Å². The molecule has 218 valence electrons. The van der Waals surface area contributed by atoms with Crippen molar-refractivity contribution in [3.63, 3.8) is 0 Å². The molecule has 0 saturated heterocycles. The van der Waals surface area contributed by atoms with E-state index in [0.29, 0.717) is 11.1 Å². The van der Waals surface area contributed by atoms with Crippen molar-refractivity contribution in [3.05, 3.63) is 175 Å². The van der Waals surface area contributed by atoms with E-state index in [9.17, 15) is 10.5 Å². The van der Waals surface area contributed by atoms with Crippen molar-refractivity contribution >= 4 is 21.8 Å². The molecule has 1 aromatic heterocycles. The molecule has 0 aliphatic carbocycles. The number of para-hydroxylation sites is 1. The van der Waals surface area contributed by atoms with E-state index in [2.05, 4.69) is 126 Å². The van der Waals surface area contributed by atoms with Gasteiger partial charge in [-0.3, -0.25) is 0 Å². The van der Waals surface area contributed by atoms with E-state index in [1.165, 1.54) is 5.56 Å². The van der Waals surface area contributed by atoms with E-state index in [-0.39, 0.29) is 0 Å². The minimum atomic E-state index is 0.579. The van der Waals surface area contributed by atoms with E-state index in [1.807, 2.05) is 54.6 Å². The summed E-state index contributed by atoms with van der Waals surface area (Å²) in [6, 6.07) is 61.0. The van der Waals surface area contributed by atoms with E-state index in [4.69, 9.17) is 0 Å². The minimum absolute atomic E-state index is 0.579. The molecule has 0 unspecified atom stereocenters. The smallest absolute Gasteiger partial charge is 0.0992 e. The summed E-state index contributed by atoms with van der Waals surface area (Å²) in [4.78, 5) is 0. The zero-order valence-corrected chi connectivity index (χ0v) is 25.4. The Hall–Kier alpha value is -6.68. The summed E-state index contributed by atoms with van der Waals surface area (Å²) < 4.78 is 2.20. The zero-order chi connectivity index (χ0) is 31.7. The zero-order valence-electron chi connectivity index (χ0n) is 25.4. The lowest BCUT2D eigenvalue weighted by atomic mass is 9.91. The van der Waals surface area contributed by atoms with Crippen LogP contribution in [0, 0.1) is 22.7 Å². The maximum Gasteiger partial charge on any atom is 0.0992 e. The third kappa shape index (κ3) is 5.13. The van der Waals surface area contributed by atoms with Crippen LogP contribution in [0.15, 0.2) is 164 Å². The van der Waals surface area contributed by atoms with Crippen molar-refractivity contribution in [2.24, 2.45) is 0 Å². The van der Waals surface area contributed by atoms with Gasteiger partial charge < -0.3 is 4.57 Å². The number of benzene rings is 7. The van der Waals surface area contributed by atoms with Crippen LogP contribution < -0.4 is 0 Å². The molecule has 7 aromatic carbocycles. The van der Waals surface area contributed by atoms with Gasteiger partial charge in [-0.2, -0.15) is 10.5 Å². The molecule has 0 aliphatic rings. The summed E-state index contributed by atoms with van der Waals surface area (Å²) in [6.07, 6.45) is 0. The van der Waals surface area contributed by atoms with Crippen LogP contribution >= 0.6 is 0 Å². The van der Waals surface area contributed by atoms with Crippen LogP contribution in [0.2, 0.25) is 0 Å². The lowest BCUT2D eigenvalue weighted by Gasteiger charge is -2.15. The molecule has 0 fully saturated rings. The molecule has 1 heterocycles. The molecule has 8 aromatic rings. The van der Waals surface area contributed by atoms with Gasteiger partial charge in [0.05, 0.1) is 34.3 Å². The largest absolute Gasteiger partial charge is 0.309 e. The molecule has 0 saturated carbocycles. The topological polar surface area (TPSA) is 52.5 Å². The predicted molar refractivity (Wildman–Crippen MR) is 192 cm³/mol. The lowest BCUT2D eigenvalue weighted by Crippen LogP contribution is -1.96. The Morgan fingerprint density at radius 3 is 1.55 bits per heavy atom. The van der Waals surface area contributed by atoms with Crippen LogP contribution in [0.3, 0.4) is 0 Å². The van der Waals surface area contributed by atoms with Crippen LogP contribution in [0.25, 0.3) is 72.0 Å². The summed E-state index contributed by atoms with van der Waals surface area (Å²) in [6.45, 7) is 0. The van der Waals surface area contributed by atoms with E-state index in [1.54, 1.807) is 0 Å². The Morgan fingerprint density at radius 2 is 0.851 bits per heavy atom. The Labute approximate surface area is 273 Å². The number of hydrogen-bond acceptors (Lipinski definition) is 2. The Bertz CT molecular complexity index is 2530. The first-order valence-corrected chi connectivity index (χ1v) is 15.5. The third-order valence-electron chi connectivity index (χ3n) is 8.78. The van der Waals surface area contributed by atoms with Crippen LogP contribution in [0.1, 0.15) is 11.1 Å². The second kappa shape index (κ2) is 11.7. The van der Waals surface area contributed by atoms with E-state index < -0.39 is 0 Å². The molecule has 0 amide bonds. The Kier molecular flexibility index (Phi) is 6.92. The monoisotopic (exact) mass is 597 g/mol. The van der Waals surface area contributed by atoms with Crippen LogP contribution in [-0.2, 0) is 0 Å². The standard InChI is InChI=1S/C44H27N3/c45-28-30-18-19-44-42(22-30)41-16-7-8-17-43(41)47(44)40-21-31(29-46)20-36(27-40)39-25-37(33-12-5-2-6-13-33)24-38(26-39)35-15-9-14-34(23-35)32-10-3-1-4-11-32/h1-27H. The van der Waals surface area contributed by atoms with Gasteiger partial charge in [0.2, 0.25) is 0 Å². The Morgan fingerprint density at radius 1 is 0.340 bits per heavy atom. The van der Waals surface area contributed by atoms with Gasteiger partial charge in [-0.1, -0.05) is 97.1 Å². The fourth-order valence-corrected chi connectivity index (χ4v) is 6.56. The molecule has 0 radical (unpaired) electrons. The lowest BCUT2D eigenvalue weighted by molar-refractivity contribution is 1.18. The fourth-order valence-electron chi connectivity index (χ4n) is 6.56. The van der Waals surface area contributed by atoms with Gasteiger partial charge in [0.15, 0.2) is 0 Å². The first-order chi connectivity index (χ1) is 23.2. The molecule has 3 nitrogen and oxygen atoms in total. The molecule has 0 spiro atoms. The van der Waals surface area contributed by atoms with Crippen LogP contribution in [-0.4, -0.2) is 4.57 Å². The van der Waals surface area contributed by atoms with Gasteiger partial charge in [0, 0.05) is 16.5 Å². The average molecular weight is 598 g/mol. The number of hydrogen-bond donors (Lipinski definition) is 0. The van der Waals surface area contributed by atoms with Gasteiger partial charge in [0.25, 0.3) is 0 Å². The molecule has 47 heavy (non-hydrogen) atoms. The average Bonchev–Trinajstić information content (AvgIpc) is 3.49. The van der Waals surface area contributed by atoms with Crippen LogP contribution in [0.4, 0.5) is 0 Å². The normalized spacial score (nSPS) is 10.9. The first-order valence-electron chi connectivity index (χ1n) is 15.5. The van der Waals surface area contributed by atoms with Crippen molar-refractivity contribution in [2.75, 3.05) is 0 Å². The van der Waals surface area contributed by atoms with Gasteiger partial charge in [0.1, 0.15) is 0 Å². The second-order valence-electron chi connectivity index (χ2n) is 11.7. The number of nitriles is 2. The molecular formula is C44H27N3. The van der Waals surface area contributed by atoms with E-state index in [0.717, 1.165) is 66.4 Å². The molecular weight excluding hydrogens is 571 g/mol. The molecule has 0 bridgehead atoms. The fraction of sp³-hybridized carbons (Fsp3) is 0. The van der Waals surface area contributed by atoms with Gasteiger partial charge >= 0.3 is 0 Å². The summed E-state index contributed by atoms with van der Waals surface area (Å²) >= 11 is 0. The quantitative estimate of drug-likeness (QED) is 0.198. The SMILES string of the molecule is N#Cc1cc(-c2cc(-c3ccccc3)cc(-c3cccc(-c4ccccc4)c3)c2)cc(-n2c3ccccc3c3cc(C#N)ccc32)c1. The highest BCUT2D eigenvalue weighted by Crippen LogP contribution is 2.38. The number of nitrogens with zero attached hydrogens (tertiary/aromatic N) is 3. The highest BCUT2D eigenvalue weighted by atomic mass is 15.0. The Balaban J connectivity index is 1.35. The third-order valence-corrected chi connectivity index (χ3v) is 8.78. The number of aromatic nitrogens is 1. The van der Waals surface area contributed by atoms with Crippen molar-refractivity contribution < 1.29 is 0 Å². The summed E-state index contributed by atoms with van der Waals surface area (Å²) in [5.41, 5.74) is 12.9. The maximum absolute atomic E-state index is 10.2. The highest BCUT2D eigenvalue weighted by molar-refractivity contribution is 6.09. The first kappa shape index (κ1) is 27.8. The number of fused-ring (bicyclic) bond motifs is 3. The van der Waals surface area contributed by atoms with Gasteiger partial charge in [-0.15, -0.1) is 0 Å². The second-order valence-corrected chi connectivity index (χ2v) is 11.7. The molecule has 8 rings (SSSR count). The maximum atomic E-state index is 10.2. The van der Waals surface area contributed by atoms with Crippen molar-refractivity contribution in [1.82, 2.24) is 4.57 Å². The summed E-state index contributed by atoms with van der Waals surface area (Å²) in [5.74, 6) is 0. The minimum Gasteiger partial charge on any atom is -0.309 e. The molecule has 3 heteroatoms. The highest BCUT2D eigenvalue weighted by Gasteiger charge is 2.16. The summed E-state index contributed by atoms with van der Waals surface area (Å²) in [7, 11) is 0. The summed E-state index contributed by atoms with van der Waals surface area (Å²) in [5, 5.41) is 21.9. The van der Waals surface area contributed by atoms with Crippen molar-refractivity contribution in [1.29, 1.82) is 10.5 Å². The molecule has 0 N–H and O–H groups in total. The van der Waals surface area contributed by atoms with E-state index >= 15 is 0 Å². The van der Waals surface area contributed by atoms with Crippen LogP contribution in [0.5, 0.6) is 0 Å². The molecule has 0 aliphatic heterocycles. The van der Waals surface area contributed by atoms with Gasteiger partial charge in [-0.25, -0.2) is 0 Å². The molecule has 0 atom stereocenters. The number of rotatable bonds is 5. The van der Waals surface area contributed by atoms with Crippen molar-refractivity contribution in [3.8, 4) is 62.3 Å². The predicted octanol–water partition coefficient (Wildman–Crippen LogP) is 11.2. The van der Waals surface area contributed by atoms with Gasteiger partial charge in [-0.05, 0) is 111 Å².